The fourth-order valence-electron chi connectivity index (χ4n) is 3.03. The third kappa shape index (κ3) is 3.65. The number of rotatable bonds is 4. The molecule has 2 aromatic rings. The molecule has 1 aliphatic heterocycles. The Morgan fingerprint density at radius 2 is 2.13 bits per heavy atom. The second-order valence-corrected chi connectivity index (χ2v) is 8.19. The average Bonchev–Trinajstić information content (AvgIpc) is 3.14. The highest BCUT2D eigenvalue weighted by Crippen LogP contribution is 2.41. The van der Waals surface area contributed by atoms with Crippen molar-refractivity contribution in [2.75, 3.05) is 26.2 Å². The van der Waals surface area contributed by atoms with E-state index in [9.17, 15) is 4.79 Å². The second kappa shape index (κ2) is 6.71. The molecule has 2 fully saturated rings. The summed E-state index contributed by atoms with van der Waals surface area (Å²) in [4.78, 5) is 22.6. The molecule has 0 bridgehead atoms. The second-order valence-electron chi connectivity index (χ2n) is 6.35. The zero-order valence-corrected chi connectivity index (χ0v) is 14.7. The molecule has 1 aliphatic carbocycles. The summed E-state index contributed by atoms with van der Waals surface area (Å²) in [5.74, 6) is 0.934. The molecule has 0 aromatic carbocycles. The maximum Gasteiger partial charge on any atom is 0.263 e. The van der Waals surface area contributed by atoms with E-state index in [1.54, 1.807) is 0 Å². The van der Waals surface area contributed by atoms with Gasteiger partial charge in [0.15, 0.2) is 0 Å². The average molecular weight is 348 g/mol. The van der Waals surface area contributed by atoms with Gasteiger partial charge in [-0.25, -0.2) is 4.98 Å². The standard InChI is InChI=1S/C17H21N3OS2/c21-17(15-3-1-10-22-15)20-7-2-6-19(8-9-20)11-14-12-23-16(18-14)13-4-5-13/h1,3,10,12-13H,2,4-9,11H2. The van der Waals surface area contributed by atoms with Crippen LogP contribution in [-0.4, -0.2) is 46.9 Å². The molecular weight excluding hydrogens is 326 g/mol. The number of carbonyl (C=O) groups excluding carboxylic acids is 1. The molecule has 2 aromatic heterocycles. The predicted octanol–water partition coefficient (Wildman–Crippen LogP) is 3.43. The van der Waals surface area contributed by atoms with Crippen molar-refractivity contribution in [1.82, 2.24) is 14.8 Å². The smallest absolute Gasteiger partial charge is 0.263 e. The lowest BCUT2D eigenvalue weighted by Crippen LogP contribution is -2.34. The van der Waals surface area contributed by atoms with Crippen molar-refractivity contribution in [3.63, 3.8) is 0 Å². The van der Waals surface area contributed by atoms with Crippen LogP contribution in [0.2, 0.25) is 0 Å². The van der Waals surface area contributed by atoms with Gasteiger partial charge in [-0.3, -0.25) is 9.69 Å². The van der Waals surface area contributed by atoms with Crippen LogP contribution in [0.25, 0.3) is 0 Å². The number of hydrogen-bond donors (Lipinski definition) is 0. The van der Waals surface area contributed by atoms with Gasteiger partial charge in [-0.1, -0.05) is 6.07 Å². The van der Waals surface area contributed by atoms with Gasteiger partial charge in [-0.05, 0) is 30.7 Å². The molecule has 122 valence electrons. The monoisotopic (exact) mass is 347 g/mol. The minimum absolute atomic E-state index is 0.187. The first-order valence-electron chi connectivity index (χ1n) is 8.29. The number of amides is 1. The van der Waals surface area contributed by atoms with Crippen molar-refractivity contribution in [2.45, 2.75) is 31.7 Å². The minimum Gasteiger partial charge on any atom is -0.337 e. The molecule has 0 spiro atoms. The van der Waals surface area contributed by atoms with Crippen molar-refractivity contribution in [1.29, 1.82) is 0 Å². The van der Waals surface area contributed by atoms with Gasteiger partial charge in [0.2, 0.25) is 0 Å². The van der Waals surface area contributed by atoms with Crippen LogP contribution in [0.4, 0.5) is 0 Å². The maximum atomic E-state index is 12.5. The van der Waals surface area contributed by atoms with Crippen LogP contribution in [0, 0.1) is 0 Å². The van der Waals surface area contributed by atoms with Gasteiger partial charge < -0.3 is 4.90 Å². The summed E-state index contributed by atoms with van der Waals surface area (Å²) in [6.07, 6.45) is 3.67. The summed E-state index contributed by atoms with van der Waals surface area (Å²) in [6.45, 7) is 4.58. The third-order valence-electron chi connectivity index (χ3n) is 4.49. The lowest BCUT2D eigenvalue weighted by molar-refractivity contribution is 0.0766. The number of thiazole rings is 1. The Balaban J connectivity index is 1.34. The predicted molar refractivity (Wildman–Crippen MR) is 94.2 cm³/mol. The SMILES string of the molecule is O=C(c1cccs1)N1CCCN(Cc2csc(C3CC3)n2)CC1. The van der Waals surface area contributed by atoms with E-state index in [0.29, 0.717) is 0 Å². The summed E-state index contributed by atoms with van der Waals surface area (Å²) in [5, 5.41) is 5.51. The molecular formula is C17H21N3OS2. The van der Waals surface area contributed by atoms with Crippen LogP contribution in [-0.2, 0) is 6.54 Å². The largest absolute Gasteiger partial charge is 0.337 e. The summed E-state index contributed by atoms with van der Waals surface area (Å²) in [7, 11) is 0. The molecule has 6 heteroatoms. The van der Waals surface area contributed by atoms with Crippen LogP contribution >= 0.6 is 22.7 Å². The van der Waals surface area contributed by atoms with Crippen molar-refractivity contribution >= 4 is 28.6 Å². The van der Waals surface area contributed by atoms with Gasteiger partial charge in [0.05, 0.1) is 15.6 Å². The van der Waals surface area contributed by atoms with Crippen molar-refractivity contribution < 1.29 is 4.79 Å². The van der Waals surface area contributed by atoms with Gasteiger partial charge in [0.25, 0.3) is 5.91 Å². The molecule has 23 heavy (non-hydrogen) atoms. The van der Waals surface area contributed by atoms with Gasteiger partial charge in [-0.15, -0.1) is 22.7 Å². The fraction of sp³-hybridized carbons (Fsp3) is 0.529. The number of aromatic nitrogens is 1. The lowest BCUT2D eigenvalue weighted by Gasteiger charge is -2.21. The molecule has 0 N–H and O–H groups in total. The van der Waals surface area contributed by atoms with Crippen molar-refractivity contribution in [3.05, 3.63) is 38.5 Å². The highest BCUT2D eigenvalue weighted by molar-refractivity contribution is 7.12. The summed E-state index contributed by atoms with van der Waals surface area (Å²) >= 11 is 3.35. The van der Waals surface area contributed by atoms with Crippen molar-refractivity contribution in [3.8, 4) is 0 Å². The van der Waals surface area contributed by atoms with Crippen LogP contribution < -0.4 is 0 Å². The van der Waals surface area contributed by atoms with Gasteiger partial charge in [0, 0.05) is 44.0 Å². The van der Waals surface area contributed by atoms with Crippen LogP contribution in [0.3, 0.4) is 0 Å². The molecule has 4 nitrogen and oxygen atoms in total. The molecule has 0 radical (unpaired) electrons. The lowest BCUT2D eigenvalue weighted by atomic mass is 10.3. The molecule has 1 saturated carbocycles. The third-order valence-corrected chi connectivity index (χ3v) is 6.40. The summed E-state index contributed by atoms with van der Waals surface area (Å²) < 4.78 is 0. The zero-order valence-electron chi connectivity index (χ0n) is 13.1. The van der Waals surface area contributed by atoms with E-state index < -0.39 is 0 Å². The zero-order chi connectivity index (χ0) is 15.6. The van der Waals surface area contributed by atoms with Crippen LogP contribution in [0.15, 0.2) is 22.9 Å². The van der Waals surface area contributed by atoms with E-state index >= 15 is 0 Å². The highest BCUT2D eigenvalue weighted by atomic mass is 32.1. The van der Waals surface area contributed by atoms with Gasteiger partial charge >= 0.3 is 0 Å². The van der Waals surface area contributed by atoms with Crippen LogP contribution in [0.1, 0.15) is 45.6 Å². The Bertz CT molecular complexity index is 663. The number of thiophene rings is 1. The summed E-state index contributed by atoms with van der Waals surface area (Å²) in [6, 6.07) is 3.87. The number of carbonyl (C=O) groups is 1. The highest BCUT2D eigenvalue weighted by Gasteiger charge is 2.27. The molecule has 2 aliphatic rings. The van der Waals surface area contributed by atoms with E-state index in [0.717, 1.165) is 49.9 Å². The first-order valence-corrected chi connectivity index (χ1v) is 10.0. The maximum absolute atomic E-state index is 12.5. The first-order chi connectivity index (χ1) is 11.3. The molecule has 0 atom stereocenters. The molecule has 3 heterocycles. The Hall–Kier alpha value is -1.24. The van der Waals surface area contributed by atoms with E-state index in [4.69, 9.17) is 4.98 Å². The summed E-state index contributed by atoms with van der Waals surface area (Å²) in [5.41, 5.74) is 1.20. The first kappa shape index (κ1) is 15.3. The van der Waals surface area contributed by atoms with E-state index in [2.05, 4.69) is 10.3 Å². The van der Waals surface area contributed by atoms with Gasteiger partial charge in [0.1, 0.15) is 0 Å². The Labute approximate surface area is 144 Å². The van der Waals surface area contributed by atoms with Crippen LogP contribution in [0.5, 0.6) is 0 Å². The normalized spacial score (nSPS) is 19.7. The Morgan fingerprint density at radius 1 is 1.22 bits per heavy atom. The van der Waals surface area contributed by atoms with Crippen molar-refractivity contribution in [2.24, 2.45) is 0 Å². The minimum atomic E-state index is 0.187. The molecule has 1 saturated heterocycles. The van der Waals surface area contributed by atoms with Gasteiger partial charge in [-0.2, -0.15) is 0 Å². The molecule has 4 rings (SSSR count). The number of hydrogen-bond acceptors (Lipinski definition) is 5. The van der Waals surface area contributed by atoms with E-state index in [-0.39, 0.29) is 5.91 Å². The number of nitrogens with zero attached hydrogens (tertiary/aromatic N) is 3. The topological polar surface area (TPSA) is 36.4 Å². The molecule has 1 amide bonds. The fourth-order valence-corrected chi connectivity index (χ4v) is 4.70. The quantitative estimate of drug-likeness (QED) is 0.850. The Kier molecular flexibility index (Phi) is 4.46. The van der Waals surface area contributed by atoms with E-state index in [1.165, 1.54) is 34.9 Å². The Morgan fingerprint density at radius 3 is 2.91 bits per heavy atom. The molecule has 0 unspecified atom stereocenters. The van der Waals surface area contributed by atoms with E-state index in [1.807, 2.05) is 33.7 Å².